The van der Waals surface area contributed by atoms with E-state index < -0.39 is 0 Å². The highest BCUT2D eigenvalue weighted by atomic mass is 15.2. The summed E-state index contributed by atoms with van der Waals surface area (Å²) in [5.74, 6) is 1.67. The number of rotatable bonds is 1. The van der Waals surface area contributed by atoms with Crippen molar-refractivity contribution in [3.8, 4) is 0 Å². The van der Waals surface area contributed by atoms with E-state index in [1.54, 1.807) is 270 Å². The Morgan fingerprint density at radius 2 is 0.437 bits per heavy atom. The summed E-state index contributed by atoms with van der Waals surface area (Å²) in [6.07, 6.45) is 0. The average molecular weight is 868 g/mol. The molecule has 298 valence electrons. The highest BCUT2D eigenvalue weighted by Crippen LogP contribution is 2.86. The quantitative estimate of drug-likeness (QED) is 0.149. The molecule has 0 aromatic heterocycles. The van der Waals surface area contributed by atoms with E-state index in [1.807, 2.05) is 22.3 Å². The van der Waals surface area contributed by atoms with Crippen molar-refractivity contribution in [1.29, 1.82) is 0 Å². The lowest BCUT2D eigenvalue weighted by atomic mass is 9.65. The Morgan fingerprint density at radius 3 is 0.775 bits per heavy atom. The maximum Gasteiger partial charge on any atom is 0.0636 e. The summed E-state index contributed by atoms with van der Waals surface area (Å²) in [5.41, 5.74) is 12.3. The zero-order valence-electron chi connectivity index (χ0n) is 36.5. The van der Waals surface area contributed by atoms with Crippen LogP contribution in [0.15, 0.2) is 42.5 Å². The minimum atomic E-state index is 0.262. The molecule has 27 aromatic rings. The fourth-order valence-electron chi connectivity index (χ4n) is 26.0. The molecule has 0 saturated carbocycles. The van der Waals surface area contributed by atoms with Gasteiger partial charge in [0.2, 0.25) is 0 Å². The molecule has 1 aliphatic heterocycles. The molecule has 1 heteroatoms. The number of hydrogen-bond donors (Lipinski definition) is 0. The molecule has 6 aliphatic rings. The van der Waals surface area contributed by atoms with Gasteiger partial charge in [-0.3, -0.25) is 0 Å². The Hall–Kier alpha value is -8.52. The summed E-state index contributed by atoms with van der Waals surface area (Å²) in [7, 11) is 0. The lowest BCUT2D eigenvalue weighted by Crippen LogP contribution is -2.41. The molecule has 6 atom stereocenters. The van der Waals surface area contributed by atoms with Crippen LogP contribution in [-0.2, 0) is 0 Å². The van der Waals surface area contributed by atoms with E-state index in [2.05, 4.69) is 47.4 Å². The second-order valence-corrected chi connectivity index (χ2v) is 26.4. The summed E-state index contributed by atoms with van der Waals surface area (Å²) in [5, 5.41) is 84.3. The first-order valence-corrected chi connectivity index (χ1v) is 27.0. The van der Waals surface area contributed by atoms with Gasteiger partial charge in [-0.25, -0.2) is 0 Å². The number of benzene rings is 18. The Kier molecular flexibility index (Phi) is 2.31. The molecule has 0 N–H and O–H groups in total. The molecular weight excluding hydrogens is 855 g/mol. The topological polar surface area (TPSA) is 3.24 Å². The summed E-state index contributed by atoms with van der Waals surface area (Å²) < 4.78 is 0. The molecule has 0 saturated heterocycles. The van der Waals surface area contributed by atoms with E-state index in [0.29, 0.717) is 23.7 Å². The minimum absolute atomic E-state index is 0.262. The molecule has 0 amide bonds. The van der Waals surface area contributed by atoms with Crippen LogP contribution >= 0.6 is 0 Å². The lowest BCUT2D eigenvalue weighted by molar-refractivity contribution is 0.430. The first-order valence-electron chi connectivity index (χ1n) is 27.0. The fourth-order valence-corrected chi connectivity index (χ4v) is 26.0. The van der Waals surface area contributed by atoms with Crippen LogP contribution in [0.5, 0.6) is 0 Å². The summed E-state index contributed by atoms with van der Waals surface area (Å²) in [6.45, 7) is 0. The predicted molar refractivity (Wildman–Crippen MR) is 298 cm³/mol. The van der Waals surface area contributed by atoms with Crippen LogP contribution < -0.4 is 4.90 Å². The third kappa shape index (κ3) is 1.50. The third-order valence-corrected chi connectivity index (χ3v) is 26.1. The van der Waals surface area contributed by atoms with Gasteiger partial charge in [-0.05, 0) is 303 Å². The standard InChI is InChI=1S/C70H13N/c1-2-6-9-8(4-1)5-3-7-10(9)71-69-65-58-51-39-31-22-13-11-12-14-17(13)26-33(31)41-42-34(26)32-23(14)25-21-16(12)19-18-15(11)20-24(22)37(39)45-43-29(20)27(18)35-36-28(19)30(21)44-46-38(25)40(32)52-54(42)63(62(65)53(41)51)66-59(52)57(46)61-50(44)48(36)55-47(35)49(43)60(56(45)58)67(69)64(55)68(61)70(66)71/h1-7,62-63,65-66,69-70H. The van der Waals surface area contributed by atoms with Gasteiger partial charge in [0.15, 0.2) is 0 Å². The summed E-state index contributed by atoms with van der Waals surface area (Å²) in [6, 6.07) is 17.5. The van der Waals surface area contributed by atoms with Gasteiger partial charge in [-0.15, -0.1) is 0 Å². The monoisotopic (exact) mass is 867 g/mol. The van der Waals surface area contributed by atoms with Gasteiger partial charge in [0.25, 0.3) is 0 Å². The largest absolute Gasteiger partial charge is 0.356 e. The molecule has 0 bridgehead atoms. The summed E-state index contributed by atoms with van der Waals surface area (Å²) >= 11 is 0. The SMILES string of the molecule is c1ccc2c(N3C4c5c6c7c8c9c%10c%11c%12c%13c%14c%15c%16c(c%17c5c5c%18c6c6c8c8c9c9c%11c%11c%13c%13c%14c%14c%16c%16c%17c5c5c%17c%16c%14c%14c%13c%13c%11c9c9c8c8c6c%18c5c5c%17c%14c%13c9c85)C4C%15C%12C%10C73)cccc2c1. The molecule has 27 aromatic carbocycles. The third-order valence-electron chi connectivity index (χ3n) is 26.1. The number of anilines is 1. The van der Waals surface area contributed by atoms with Gasteiger partial charge in [0.1, 0.15) is 0 Å². The Labute approximate surface area is 389 Å². The van der Waals surface area contributed by atoms with Gasteiger partial charge in [0.05, 0.1) is 12.1 Å². The van der Waals surface area contributed by atoms with Gasteiger partial charge in [0, 0.05) is 34.7 Å². The second-order valence-electron chi connectivity index (χ2n) is 26.4. The number of fused-ring (bicyclic) bond motifs is 6. The van der Waals surface area contributed by atoms with E-state index in [9.17, 15) is 0 Å². The van der Waals surface area contributed by atoms with Gasteiger partial charge in [-0.2, -0.15) is 0 Å². The molecule has 5 aliphatic carbocycles. The van der Waals surface area contributed by atoms with Crippen molar-refractivity contribution in [2.45, 2.75) is 35.8 Å². The van der Waals surface area contributed by atoms with Crippen molar-refractivity contribution < 1.29 is 0 Å². The summed E-state index contributed by atoms with van der Waals surface area (Å²) in [4.78, 5) is 3.25. The van der Waals surface area contributed by atoms with Crippen molar-refractivity contribution in [1.82, 2.24) is 0 Å². The molecule has 6 unspecified atom stereocenters. The van der Waals surface area contributed by atoms with Gasteiger partial charge < -0.3 is 4.90 Å². The van der Waals surface area contributed by atoms with Crippen LogP contribution in [0.4, 0.5) is 5.69 Å². The van der Waals surface area contributed by atoms with Gasteiger partial charge >= 0.3 is 0 Å². The van der Waals surface area contributed by atoms with Crippen molar-refractivity contribution >= 4 is 275 Å². The molecule has 0 spiro atoms. The number of nitrogens with zero attached hydrogens (tertiary/aromatic N) is 1. The van der Waals surface area contributed by atoms with Crippen molar-refractivity contribution in [2.75, 3.05) is 4.90 Å². The van der Waals surface area contributed by atoms with Crippen molar-refractivity contribution in [3.05, 3.63) is 75.8 Å². The Balaban J connectivity index is 1.13. The van der Waals surface area contributed by atoms with E-state index in [4.69, 9.17) is 0 Å². The fraction of sp³-hybridized carbons (Fsp3) is 0.0857. The van der Waals surface area contributed by atoms with Crippen LogP contribution in [0.25, 0.3) is 269 Å². The maximum absolute atomic E-state index is 3.25. The molecule has 0 radical (unpaired) electrons. The van der Waals surface area contributed by atoms with E-state index >= 15 is 0 Å². The molecule has 0 fully saturated rings. The van der Waals surface area contributed by atoms with E-state index in [-0.39, 0.29) is 12.1 Å². The van der Waals surface area contributed by atoms with Crippen LogP contribution in [0.2, 0.25) is 0 Å². The smallest absolute Gasteiger partial charge is 0.0636 e. The van der Waals surface area contributed by atoms with Crippen LogP contribution in [-0.4, -0.2) is 0 Å². The second kappa shape index (κ2) is 6.20. The highest BCUT2D eigenvalue weighted by molar-refractivity contribution is 6.79. The Bertz CT molecular complexity index is 7020. The predicted octanol–water partition coefficient (Wildman–Crippen LogP) is 19.0. The highest BCUT2D eigenvalue weighted by Gasteiger charge is 2.67. The normalized spacial score (nSPS) is 24.9. The van der Waals surface area contributed by atoms with Gasteiger partial charge in [-0.1, -0.05) is 36.4 Å². The van der Waals surface area contributed by atoms with Crippen molar-refractivity contribution in [3.63, 3.8) is 0 Å². The van der Waals surface area contributed by atoms with Crippen LogP contribution in [0.3, 0.4) is 0 Å². The zero-order chi connectivity index (χ0) is 41.9. The van der Waals surface area contributed by atoms with E-state index in [1.165, 1.54) is 16.5 Å². The van der Waals surface area contributed by atoms with Crippen LogP contribution in [0, 0.1) is 0 Å². The average Bonchev–Trinajstić information content (AvgIpc) is 4.34. The van der Waals surface area contributed by atoms with Crippen molar-refractivity contribution in [2.24, 2.45) is 0 Å². The lowest BCUT2D eigenvalue weighted by Gasteiger charge is -2.51. The maximum atomic E-state index is 3.25. The Morgan fingerprint density at radius 1 is 0.197 bits per heavy atom. The van der Waals surface area contributed by atoms with Crippen LogP contribution in [0.1, 0.15) is 69.1 Å². The van der Waals surface area contributed by atoms with E-state index in [0.717, 1.165) is 0 Å². The molecular formula is C70H13N. The molecule has 71 heavy (non-hydrogen) atoms. The molecule has 1 heterocycles. The first kappa shape index (κ1) is 26.5. The molecule has 33 rings (SSSR count). The zero-order valence-corrected chi connectivity index (χ0v) is 36.5. The minimum Gasteiger partial charge on any atom is -0.356 e. The number of hydrogen-bond acceptors (Lipinski definition) is 1. The molecule has 1 nitrogen and oxygen atoms in total. The first-order chi connectivity index (χ1) is 35.5.